The number of carbonyl (C=O) groups excluding carboxylic acids is 1. The number of nitrogens with two attached hydrogens (primary N) is 1. The van der Waals surface area contributed by atoms with E-state index in [1.54, 1.807) is 6.07 Å². The zero-order valence-corrected chi connectivity index (χ0v) is 11.6. The standard InChI is InChI=1S/C14H22N2O3/c1-3-7-16-14(17)10-19-12-6-5-11(9-15)8-13(12)18-4-2/h5-6,8H,3-4,7,9-10,15H2,1-2H3,(H,16,17). The molecule has 1 aromatic rings. The molecule has 0 aromatic heterocycles. The minimum atomic E-state index is -0.132. The maximum Gasteiger partial charge on any atom is 0.257 e. The Morgan fingerprint density at radius 3 is 2.68 bits per heavy atom. The van der Waals surface area contributed by atoms with Gasteiger partial charge in [-0.1, -0.05) is 13.0 Å². The van der Waals surface area contributed by atoms with Crippen LogP contribution in [0.5, 0.6) is 11.5 Å². The minimum absolute atomic E-state index is 0.0119. The Kier molecular flexibility index (Phi) is 6.74. The van der Waals surface area contributed by atoms with Crippen molar-refractivity contribution in [2.24, 2.45) is 5.73 Å². The Hall–Kier alpha value is -1.75. The molecular formula is C14H22N2O3. The summed E-state index contributed by atoms with van der Waals surface area (Å²) in [6.07, 6.45) is 0.904. The van der Waals surface area contributed by atoms with Crippen molar-refractivity contribution in [1.82, 2.24) is 5.32 Å². The second-order valence-electron chi connectivity index (χ2n) is 4.06. The van der Waals surface area contributed by atoms with Gasteiger partial charge in [0, 0.05) is 13.1 Å². The van der Waals surface area contributed by atoms with Crippen molar-refractivity contribution in [3.8, 4) is 11.5 Å². The van der Waals surface area contributed by atoms with Gasteiger partial charge in [0.05, 0.1) is 6.61 Å². The molecule has 0 aliphatic rings. The van der Waals surface area contributed by atoms with Gasteiger partial charge in [0.25, 0.3) is 5.91 Å². The van der Waals surface area contributed by atoms with Crippen molar-refractivity contribution < 1.29 is 14.3 Å². The van der Waals surface area contributed by atoms with Crippen LogP contribution in [-0.4, -0.2) is 25.7 Å². The highest BCUT2D eigenvalue weighted by Gasteiger charge is 2.08. The lowest BCUT2D eigenvalue weighted by Gasteiger charge is -2.13. The first-order valence-electron chi connectivity index (χ1n) is 6.56. The highest BCUT2D eigenvalue weighted by atomic mass is 16.5. The first-order valence-corrected chi connectivity index (χ1v) is 6.56. The molecule has 0 unspecified atom stereocenters. The topological polar surface area (TPSA) is 73.6 Å². The Balaban J connectivity index is 2.63. The van der Waals surface area contributed by atoms with Gasteiger partial charge >= 0.3 is 0 Å². The average molecular weight is 266 g/mol. The molecule has 0 fully saturated rings. The summed E-state index contributed by atoms with van der Waals surface area (Å²) >= 11 is 0. The summed E-state index contributed by atoms with van der Waals surface area (Å²) < 4.78 is 11.0. The molecule has 19 heavy (non-hydrogen) atoms. The van der Waals surface area contributed by atoms with Crippen LogP contribution < -0.4 is 20.5 Å². The maximum absolute atomic E-state index is 11.5. The van der Waals surface area contributed by atoms with Gasteiger partial charge in [0.15, 0.2) is 18.1 Å². The van der Waals surface area contributed by atoms with Crippen LogP contribution in [0.3, 0.4) is 0 Å². The van der Waals surface area contributed by atoms with Crippen LogP contribution in [0, 0.1) is 0 Å². The van der Waals surface area contributed by atoms with E-state index in [2.05, 4.69) is 5.32 Å². The second kappa shape index (κ2) is 8.37. The summed E-state index contributed by atoms with van der Waals surface area (Å²) in [6, 6.07) is 5.48. The fraction of sp³-hybridized carbons (Fsp3) is 0.500. The zero-order chi connectivity index (χ0) is 14.1. The molecule has 1 amide bonds. The number of hydrogen-bond donors (Lipinski definition) is 2. The van der Waals surface area contributed by atoms with Crippen LogP contribution in [0.25, 0.3) is 0 Å². The molecule has 1 aromatic carbocycles. The minimum Gasteiger partial charge on any atom is -0.490 e. The molecular weight excluding hydrogens is 244 g/mol. The van der Waals surface area contributed by atoms with Crippen molar-refractivity contribution in [2.45, 2.75) is 26.8 Å². The van der Waals surface area contributed by atoms with Gasteiger partial charge in [-0.05, 0) is 31.0 Å². The normalized spacial score (nSPS) is 10.1. The number of carbonyl (C=O) groups is 1. The quantitative estimate of drug-likeness (QED) is 0.747. The van der Waals surface area contributed by atoms with Crippen molar-refractivity contribution in [2.75, 3.05) is 19.8 Å². The zero-order valence-electron chi connectivity index (χ0n) is 11.6. The Morgan fingerprint density at radius 2 is 2.05 bits per heavy atom. The molecule has 0 aliphatic carbocycles. The van der Waals surface area contributed by atoms with E-state index in [9.17, 15) is 4.79 Å². The number of nitrogens with one attached hydrogen (secondary N) is 1. The van der Waals surface area contributed by atoms with E-state index >= 15 is 0 Å². The third-order valence-corrected chi connectivity index (χ3v) is 2.47. The molecule has 106 valence electrons. The van der Waals surface area contributed by atoms with Crippen LogP contribution in [-0.2, 0) is 11.3 Å². The molecule has 0 aliphatic heterocycles. The predicted molar refractivity (Wildman–Crippen MR) is 74.3 cm³/mol. The largest absolute Gasteiger partial charge is 0.490 e. The van der Waals surface area contributed by atoms with Gasteiger partial charge in [-0.3, -0.25) is 4.79 Å². The predicted octanol–water partition coefficient (Wildman–Crippen LogP) is 1.45. The van der Waals surface area contributed by atoms with Gasteiger partial charge < -0.3 is 20.5 Å². The van der Waals surface area contributed by atoms with Gasteiger partial charge in [-0.15, -0.1) is 0 Å². The summed E-state index contributed by atoms with van der Waals surface area (Å²) in [7, 11) is 0. The molecule has 1 rings (SSSR count). The third-order valence-electron chi connectivity index (χ3n) is 2.47. The Bertz CT molecular complexity index is 408. The lowest BCUT2D eigenvalue weighted by Crippen LogP contribution is -2.29. The monoisotopic (exact) mass is 266 g/mol. The van der Waals surface area contributed by atoms with E-state index in [0.717, 1.165) is 12.0 Å². The van der Waals surface area contributed by atoms with Crippen molar-refractivity contribution >= 4 is 5.91 Å². The van der Waals surface area contributed by atoms with Crippen LogP contribution in [0.15, 0.2) is 18.2 Å². The van der Waals surface area contributed by atoms with E-state index in [4.69, 9.17) is 15.2 Å². The lowest BCUT2D eigenvalue weighted by atomic mass is 10.2. The lowest BCUT2D eigenvalue weighted by molar-refractivity contribution is -0.123. The van der Waals surface area contributed by atoms with Crippen LogP contribution in [0.4, 0.5) is 0 Å². The summed E-state index contributed by atoms with van der Waals surface area (Å²) in [5, 5.41) is 2.75. The molecule has 0 heterocycles. The maximum atomic E-state index is 11.5. The summed E-state index contributed by atoms with van der Waals surface area (Å²) in [6.45, 7) is 5.52. The number of hydrogen-bond acceptors (Lipinski definition) is 4. The van der Waals surface area contributed by atoms with Crippen molar-refractivity contribution in [1.29, 1.82) is 0 Å². The summed E-state index contributed by atoms with van der Waals surface area (Å²) in [5.74, 6) is 1.05. The molecule has 0 atom stereocenters. The van der Waals surface area contributed by atoms with Gasteiger partial charge in [-0.25, -0.2) is 0 Å². The van der Waals surface area contributed by atoms with Gasteiger partial charge in [0.2, 0.25) is 0 Å². The molecule has 0 radical (unpaired) electrons. The first kappa shape index (κ1) is 15.3. The molecule has 0 saturated heterocycles. The second-order valence-corrected chi connectivity index (χ2v) is 4.06. The molecule has 3 N–H and O–H groups in total. The molecule has 0 spiro atoms. The highest BCUT2D eigenvalue weighted by Crippen LogP contribution is 2.28. The van der Waals surface area contributed by atoms with Crippen LogP contribution in [0.2, 0.25) is 0 Å². The van der Waals surface area contributed by atoms with E-state index in [1.165, 1.54) is 0 Å². The number of amides is 1. The van der Waals surface area contributed by atoms with Crippen molar-refractivity contribution in [3.05, 3.63) is 23.8 Å². The Morgan fingerprint density at radius 1 is 1.26 bits per heavy atom. The summed E-state index contributed by atoms with van der Waals surface area (Å²) in [5.41, 5.74) is 6.55. The van der Waals surface area contributed by atoms with E-state index < -0.39 is 0 Å². The SMILES string of the molecule is CCCNC(=O)COc1ccc(CN)cc1OCC. The highest BCUT2D eigenvalue weighted by molar-refractivity contribution is 5.77. The fourth-order valence-electron chi connectivity index (χ4n) is 1.53. The van der Waals surface area contributed by atoms with Crippen LogP contribution in [0.1, 0.15) is 25.8 Å². The molecule has 5 heteroatoms. The Labute approximate surface area is 114 Å². The third kappa shape index (κ3) is 5.18. The van der Waals surface area contributed by atoms with Crippen molar-refractivity contribution in [3.63, 3.8) is 0 Å². The number of rotatable bonds is 8. The number of ether oxygens (including phenoxy) is 2. The van der Waals surface area contributed by atoms with Crippen LogP contribution >= 0.6 is 0 Å². The van der Waals surface area contributed by atoms with Gasteiger partial charge in [0.1, 0.15) is 0 Å². The fourth-order valence-corrected chi connectivity index (χ4v) is 1.53. The molecule has 0 bridgehead atoms. The van der Waals surface area contributed by atoms with E-state index in [1.807, 2.05) is 26.0 Å². The summed E-state index contributed by atoms with van der Waals surface area (Å²) in [4.78, 5) is 11.5. The van der Waals surface area contributed by atoms with E-state index in [0.29, 0.717) is 31.2 Å². The first-order chi connectivity index (χ1) is 9.21. The average Bonchev–Trinajstić information content (AvgIpc) is 2.43. The molecule has 5 nitrogen and oxygen atoms in total. The molecule has 0 saturated carbocycles. The number of benzene rings is 1. The van der Waals surface area contributed by atoms with E-state index in [-0.39, 0.29) is 12.5 Å². The smallest absolute Gasteiger partial charge is 0.257 e. The van der Waals surface area contributed by atoms with Gasteiger partial charge in [-0.2, -0.15) is 0 Å².